The molecule has 1 rings (SSSR count). The van der Waals surface area contributed by atoms with Crippen LogP contribution in [-0.4, -0.2) is 17.9 Å². The predicted octanol–water partition coefficient (Wildman–Crippen LogP) is 1.04. The lowest BCUT2D eigenvalue weighted by atomic mass is 10.2. The number of carbonyl (C=O) groups is 1. The van der Waals surface area contributed by atoms with Crippen molar-refractivity contribution in [3.63, 3.8) is 0 Å². The zero-order chi connectivity index (χ0) is 10.0. The Labute approximate surface area is 83.9 Å². The van der Waals surface area contributed by atoms with Crippen LogP contribution in [0.3, 0.4) is 0 Å². The van der Waals surface area contributed by atoms with Gasteiger partial charge >= 0.3 is 0 Å². The first-order valence-electron chi connectivity index (χ1n) is 3.36. The van der Waals surface area contributed by atoms with E-state index < -0.39 is 11.5 Å². The molecule has 1 aromatic rings. The van der Waals surface area contributed by atoms with E-state index in [1.807, 2.05) is 0 Å². The number of amides is 1. The first kappa shape index (κ1) is 10.1. The van der Waals surface area contributed by atoms with Crippen molar-refractivity contribution in [1.82, 2.24) is 10.3 Å². The second-order valence-corrected chi connectivity index (χ2v) is 3.06. The summed E-state index contributed by atoms with van der Waals surface area (Å²) in [5.41, 5.74) is -0.731. The van der Waals surface area contributed by atoms with Crippen LogP contribution in [0.5, 0.6) is 0 Å². The molecule has 2 N–H and O–H groups in total. The summed E-state index contributed by atoms with van der Waals surface area (Å²) in [5, 5.41) is 2.43. The van der Waals surface area contributed by atoms with Gasteiger partial charge < -0.3 is 10.3 Å². The van der Waals surface area contributed by atoms with Gasteiger partial charge in [-0.25, -0.2) is 0 Å². The third kappa shape index (κ3) is 2.02. The van der Waals surface area contributed by atoms with Crippen molar-refractivity contribution in [2.75, 3.05) is 7.05 Å². The van der Waals surface area contributed by atoms with Gasteiger partial charge in [0.1, 0.15) is 10.7 Å². The van der Waals surface area contributed by atoms with Crippen molar-refractivity contribution in [3.05, 3.63) is 32.2 Å². The predicted molar refractivity (Wildman–Crippen MR) is 50.5 cm³/mol. The number of H-pyrrole nitrogens is 1. The molecule has 0 saturated carbocycles. The Morgan fingerprint density at radius 3 is 2.62 bits per heavy atom. The maximum atomic E-state index is 11.2. The maximum Gasteiger partial charge on any atom is 0.263 e. The molecule has 4 nitrogen and oxygen atoms in total. The van der Waals surface area contributed by atoms with Gasteiger partial charge in [-0.3, -0.25) is 9.59 Å². The molecular weight excluding hydrogens is 215 g/mol. The molecule has 0 aliphatic rings. The van der Waals surface area contributed by atoms with Crippen LogP contribution in [0.2, 0.25) is 10.2 Å². The van der Waals surface area contributed by atoms with E-state index in [2.05, 4.69) is 10.3 Å². The van der Waals surface area contributed by atoms with Crippen molar-refractivity contribution in [2.45, 2.75) is 0 Å². The van der Waals surface area contributed by atoms with Gasteiger partial charge in [-0.1, -0.05) is 23.2 Å². The summed E-state index contributed by atoms with van der Waals surface area (Å²) < 4.78 is 0. The van der Waals surface area contributed by atoms with Gasteiger partial charge in [-0.05, 0) is 6.07 Å². The molecule has 1 amide bonds. The molecule has 6 heteroatoms. The van der Waals surface area contributed by atoms with Gasteiger partial charge in [0.25, 0.3) is 11.5 Å². The molecule has 0 aromatic carbocycles. The zero-order valence-electron chi connectivity index (χ0n) is 6.65. The average molecular weight is 221 g/mol. The molecular formula is C7H6Cl2N2O2. The molecule has 1 aromatic heterocycles. The van der Waals surface area contributed by atoms with Crippen LogP contribution < -0.4 is 10.9 Å². The third-order valence-electron chi connectivity index (χ3n) is 1.41. The average Bonchev–Trinajstić information content (AvgIpc) is 2.02. The fourth-order valence-electron chi connectivity index (χ4n) is 0.835. The van der Waals surface area contributed by atoms with E-state index >= 15 is 0 Å². The van der Waals surface area contributed by atoms with Crippen molar-refractivity contribution in [1.29, 1.82) is 0 Å². The molecule has 13 heavy (non-hydrogen) atoms. The Hall–Kier alpha value is -1.00. The SMILES string of the molecule is CNC(=O)c1c(Cl)cc(Cl)[nH]c1=O. The van der Waals surface area contributed by atoms with Gasteiger partial charge in [-0.2, -0.15) is 0 Å². The van der Waals surface area contributed by atoms with Crippen LogP contribution in [0.1, 0.15) is 10.4 Å². The summed E-state index contributed by atoms with van der Waals surface area (Å²) >= 11 is 11.1. The van der Waals surface area contributed by atoms with Crippen molar-refractivity contribution >= 4 is 29.1 Å². The maximum absolute atomic E-state index is 11.2. The number of hydrogen-bond acceptors (Lipinski definition) is 2. The van der Waals surface area contributed by atoms with E-state index in [1.54, 1.807) is 0 Å². The summed E-state index contributed by atoms with van der Waals surface area (Å²) in [6.45, 7) is 0. The van der Waals surface area contributed by atoms with E-state index in [-0.39, 0.29) is 15.7 Å². The molecule has 0 aliphatic heterocycles. The molecule has 0 aliphatic carbocycles. The fraction of sp³-hybridized carbons (Fsp3) is 0.143. The first-order valence-corrected chi connectivity index (χ1v) is 4.12. The highest BCUT2D eigenvalue weighted by Gasteiger charge is 2.13. The molecule has 0 bridgehead atoms. The highest BCUT2D eigenvalue weighted by Crippen LogP contribution is 2.14. The highest BCUT2D eigenvalue weighted by molar-refractivity contribution is 6.36. The van der Waals surface area contributed by atoms with Crippen molar-refractivity contribution in [3.8, 4) is 0 Å². The van der Waals surface area contributed by atoms with Gasteiger partial charge in [0.2, 0.25) is 0 Å². The highest BCUT2D eigenvalue weighted by atomic mass is 35.5. The fourth-order valence-corrected chi connectivity index (χ4v) is 1.37. The van der Waals surface area contributed by atoms with Crippen molar-refractivity contribution < 1.29 is 4.79 Å². The first-order chi connectivity index (χ1) is 6.06. The van der Waals surface area contributed by atoms with E-state index in [4.69, 9.17) is 23.2 Å². The van der Waals surface area contributed by atoms with E-state index in [0.29, 0.717) is 0 Å². The molecule has 0 saturated heterocycles. The number of hydrogen-bond donors (Lipinski definition) is 2. The van der Waals surface area contributed by atoms with Gasteiger partial charge in [0.05, 0.1) is 5.02 Å². The quantitative estimate of drug-likeness (QED) is 0.696. The van der Waals surface area contributed by atoms with Crippen LogP contribution >= 0.6 is 23.2 Å². The molecule has 70 valence electrons. The van der Waals surface area contributed by atoms with Gasteiger partial charge in [0.15, 0.2) is 0 Å². The molecule has 0 spiro atoms. The van der Waals surface area contributed by atoms with Crippen LogP contribution in [0.15, 0.2) is 10.9 Å². The largest absolute Gasteiger partial charge is 0.355 e. The van der Waals surface area contributed by atoms with E-state index in [1.165, 1.54) is 13.1 Å². The van der Waals surface area contributed by atoms with E-state index in [9.17, 15) is 9.59 Å². The zero-order valence-corrected chi connectivity index (χ0v) is 8.16. The monoisotopic (exact) mass is 220 g/mol. The second kappa shape index (κ2) is 3.81. The van der Waals surface area contributed by atoms with Gasteiger partial charge in [-0.15, -0.1) is 0 Å². The summed E-state index contributed by atoms with van der Waals surface area (Å²) in [6.07, 6.45) is 0. The number of rotatable bonds is 1. The number of nitrogens with one attached hydrogen (secondary N) is 2. The van der Waals surface area contributed by atoms with Crippen LogP contribution in [0, 0.1) is 0 Å². The Kier molecular flexibility index (Phi) is 2.95. The number of aromatic nitrogens is 1. The summed E-state index contributed by atoms with van der Waals surface area (Å²) in [6, 6.07) is 1.30. The number of aromatic amines is 1. The lowest BCUT2D eigenvalue weighted by Gasteiger charge is -2.01. The minimum atomic E-state index is -0.600. The van der Waals surface area contributed by atoms with Gasteiger partial charge in [0, 0.05) is 7.05 Å². The molecule has 0 radical (unpaired) electrons. The number of carbonyl (C=O) groups excluding carboxylic acids is 1. The Morgan fingerprint density at radius 2 is 2.15 bits per heavy atom. The third-order valence-corrected chi connectivity index (χ3v) is 1.91. The topological polar surface area (TPSA) is 62.0 Å². The Morgan fingerprint density at radius 1 is 1.54 bits per heavy atom. The van der Waals surface area contributed by atoms with Crippen LogP contribution in [0.4, 0.5) is 0 Å². The molecule has 0 fully saturated rings. The molecule has 0 atom stereocenters. The molecule has 0 unspecified atom stereocenters. The van der Waals surface area contributed by atoms with Crippen molar-refractivity contribution in [2.24, 2.45) is 0 Å². The molecule has 1 heterocycles. The smallest absolute Gasteiger partial charge is 0.263 e. The number of pyridine rings is 1. The second-order valence-electron chi connectivity index (χ2n) is 2.25. The summed E-state index contributed by atoms with van der Waals surface area (Å²) in [5.74, 6) is -0.539. The summed E-state index contributed by atoms with van der Waals surface area (Å²) in [7, 11) is 1.41. The minimum Gasteiger partial charge on any atom is -0.355 e. The lowest BCUT2D eigenvalue weighted by molar-refractivity contribution is 0.0962. The van der Waals surface area contributed by atoms with Crippen LogP contribution in [0.25, 0.3) is 0 Å². The number of halogens is 2. The Bertz CT molecular complexity index is 400. The lowest BCUT2D eigenvalue weighted by Crippen LogP contribution is -2.27. The standard InChI is InChI=1S/C7H6Cl2N2O2/c1-10-6(12)5-3(8)2-4(9)11-7(5)13/h2H,1H3,(H,10,12)(H,11,13). The summed E-state index contributed by atoms with van der Waals surface area (Å²) in [4.78, 5) is 24.5. The minimum absolute atomic E-state index is 0.0353. The normalized spacial score (nSPS) is 9.77. The van der Waals surface area contributed by atoms with Crippen LogP contribution in [-0.2, 0) is 0 Å². The Balaban J connectivity index is 3.38. The van der Waals surface area contributed by atoms with E-state index in [0.717, 1.165) is 0 Å².